The maximum atomic E-state index is 12.5. The van der Waals surface area contributed by atoms with Crippen molar-refractivity contribution < 1.29 is 8.78 Å². The second kappa shape index (κ2) is 5.47. The van der Waals surface area contributed by atoms with Gasteiger partial charge >= 0.3 is 0 Å². The van der Waals surface area contributed by atoms with Crippen LogP contribution in [0.15, 0.2) is 36.0 Å². The number of nitriles is 2. The minimum Gasteiger partial charge on any atom is -0.359 e. The second-order valence-electron chi connectivity index (χ2n) is 2.81. The zero-order valence-electron chi connectivity index (χ0n) is 8.11. The van der Waals surface area contributed by atoms with Gasteiger partial charge in [-0.3, -0.25) is 0 Å². The van der Waals surface area contributed by atoms with Gasteiger partial charge in [-0.15, -0.1) is 0 Å². The number of anilines is 1. The summed E-state index contributed by atoms with van der Waals surface area (Å²) in [6.07, 6.45) is -1.51. The van der Waals surface area contributed by atoms with Gasteiger partial charge in [0.1, 0.15) is 17.7 Å². The van der Waals surface area contributed by atoms with Crippen molar-refractivity contribution in [3.63, 3.8) is 0 Å². The number of nitrogens with one attached hydrogen (secondary N) is 1. The summed E-state index contributed by atoms with van der Waals surface area (Å²) in [6, 6.07) is 9.04. The van der Waals surface area contributed by atoms with Crippen LogP contribution in [0.2, 0.25) is 0 Å². The second-order valence-corrected chi connectivity index (χ2v) is 2.81. The summed E-state index contributed by atoms with van der Waals surface area (Å²) in [5.74, 6) is 0. The number of halogens is 2. The molecular weight excluding hydrogens is 212 g/mol. The third-order valence-electron chi connectivity index (χ3n) is 1.81. The summed E-state index contributed by atoms with van der Waals surface area (Å²) in [5.41, 5.74) is -0.168. The van der Waals surface area contributed by atoms with Gasteiger partial charge in [-0.2, -0.15) is 10.5 Å². The van der Waals surface area contributed by atoms with E-state index >= 15 is 0 Å². The number of allylic oxidation sites excluding steroid dienone is 1. The van der Waals surface area contributed by atoms with Crippen molar-refractivity contribution in [3.05, 3.63) is 41.6 Å². The lowest BCUT2D eigenvalue weighted by molar-refractivity contribution is 0.152. The smallest absolute Gasteiger partial charge is 0.265 e. The van der Waals surface area contributed by atoms with Gasteiger partial charge in [0.2, 0.25) is 0 Å². The molecule has 3 nitrogen and oxygen atoms in total. The standard InChI is InChI=1S/C11H7F2N3/c12-11(13)9-3-1-2-4-10(9)16-7-8(5-14)6-15/h1-4,7,11,16H. The molecule has 0 aliphatic carbocycles. The van der Waals surface area contributed by atoms with Crippen LogP contribution in [0.5, 0.6) is 0 Å². The van der Waals surface area contributed by atoms with Crippen molar-refractivity contribution in [1.82, 2.24) is 0 Å². The summed E-state index contributed by atoms with van der Waals surface area (Å²) in [7, 11) is 0. The average Bonchev–Trinajstić information content (AvgIpc) is 2.30. The predicted octanol–water partition coefficient (Wildman–Crippen LogP) is 2.97. The highest BCUT2D eigenvalue weighted by Gasteiger charge is 2.10. The molecule has 1 N–H and O–H groups in total. The third kappa shape index (κ3) is 2.79. The molecular formula is C11H7F2N3. The number of hydrogen-bond acceptors (Lipinski definition) is 3. The molecule has 0 amide bonds. The van der Waals surface area contributed by atoms with Crippen LogP contribution in [0.25, 0.3) is 0 Å². The van der Waals surface area contributed by atoms with E-state index in [2.05, 4.69) is 5.32 Å². The number of benzene rings is 1. The van der Waals surface area contributed by atoms with Crippen LogP contribution in [0.4, 0.5) is 14.5 Å². The Kier molecular flexibility index (Phi) is 3.99. The topological polar surface area (TPSA) is 59.6 Å². The molecule has 16 heavy (non-hydrogen) atoms. The molecule has 0 aromatic heterocycles. The minimum absolute atomic E-state index is 0.172. The highest BCUT2D eigenvalue weighted by molar-refractivity contribution is 5.55. The highest BCUT2D eigenvalue weighted by Crippen LogP contribution is 2.26. The lowest BCUT2D eigenvalue weighted by Gasteiger charge is -2.07. The van der Waals surface area contributed by atoms with E-state index in [1.54, 1.807) is 18.2 Å². The van der Waals surface area contributed by atoms with Crippen molar-refractivity contribution >= 4 is 5.69 Å². The van der Waals surface area contributed by atoms with Gasteiger partial charge in [-0.1, -0.05) is 18.2 Å². The number of alkyl halides is 2. The van der Waals surface area contributed by atoms with Gasteiger partial charge in [0.25, 0.3) is 6.43 Å². The number of hydrogen-bond donors (Lipinski definition) is 1. The fourth-order valence-electron chi connectivity index (χ4n) is 1.06. The zero-order valence-corrected chi connectivity index (χ0v) is 8.11. The fourth-order valence-corrected chi connectivity index (χ4v) is 1.06. The summed E-state index contributed by atoms with van der Waals surface area (Å²) in [4.78, 5) is 0. The summed E-state index contributed by atoms with van der Waals surface area (Å²) in [6.45, 7) is 0. The van der Waals surface area contributed by atoms with Crippen molar-refractivity contribution in [2.45, 2.75) is 6.43 Å². The van der Waals surface area contributed by atoms with Gasteiger partial charge in [0, 0.05) is 17.5 Å². The van der Waals surface area contributed by atoms with E-state index in [0.29, 0.717) is 0 Å². The van der Waals surface area contributed by atoms with Crippen molar-refractivity contribution in [1.29, 1.82) is 10.5 Å². The highest BCUT2D eigenvalue weighted by atomic mass is 19.3. The molecule has 0 saturated heterocycles. The van der Waals surface area contributed by atoms with E-state index in [1.165, 1.54) is 18.2 Å². The molecule has 1 rings (SSSR count). The summed E-state index contributed by atoms with van der Waals surface area (Å²) >= 11 is 0. The SMILES string of the molecule is N#CC(C#N)=CNc1ccccc1C(F)F. The van der Waals surface area contributed by atoms with Crippen LogP contribution in [-0.4, -0.2) is 0 Å². The Bertz CT molecular complexity index is 465. The van der Waals surface area contributed by atoms with Crippen LogP contribution in [0, 0.1) is 22.7 Å². The molecule has 0 bridgehead atoms. The fraction of sp³-hybridized carbons (Fsp3) is 0.0909. The lowest BCUT2D eigenvalue weighted by atomic mass is 10.2. The number of para-hydroxylation sites is 1. The van der Waals surface area contributed by atoms with E-state index in [0.717, 1.165) is 6.20 Å². The normalized spacial score (nSPS) is 9.06. The van der Waals surface area contributed by atoms with Crippen molar-refractivity contribution in [2.24, 2.45) is 0 Å². The number of rotatable bonds is 3. The Morgan fingerprint density at radius 2 is 1.88 bits per heavy atom. The van der Waals surface area contributed by atoms with Gasteiger partial charge in [-0.25, -0.2) is 8.78 Å². The lowest BCUT2D eigenvalue weighted by Crippen LogP contribution is -1.95. The first-order valence-electron chi connectivity index (χ1n) is 4.33. The Morgan fingerprint density at radius 3 is 2.44 bits per heavy atom. The van der Waals surface area contributed by atoms with Gasteiger partial charge in [0.05, 0.1) is 0 Å². The monoisotopic (exact) mass is 219 g/mol. The molecule has 0 fully saturated rings. The van der Waals surface area contributed by atoms with Crippen LogP contribution >= 0.6 is 0 Å². The van der Waals surface area contributed by atoms with E-state index in [9.17, 15) is 8.78 Å². The molecule has 1 aromatic carbocycles. The first-order chi connectivity index (χ1) is 7.69. The molecule has 0 atom stereocenters. The van der Waals surface area contributed by atoms with Gasteiger partial charge in [-0.05, 0) is 6.07 Å². The maximum absolute atomic E-state index is 12.5. The van der Waals surface area contributed by atoms with Crippen LogP contribution in [0.3, 0.4) is 0 Å². The predicted molar refractivity (Wildman–Crippen MR) is 54.3 cm³/mol. The van der Waals surface area contributed by atoms with Gasteiger partial charge in [0.15, 0.2) is 0 Å². The average molecular weight is 219 g/mol. The van der Waals surface area contributed by atoms with E-state index in [1.807, 2.05) is 0 Å². The first-order valence-corrected chi connectivity index (χ1v) is 4.33. The Labute approximate surface area is 91.2 Å². The molecule has 80 valence electrons. The maximum Gasteiger partial charge on any atom is 0.265 e. The molecule has 0 saturated carbocycles. The quantitative estimate of drug-likeness (QED) is 0.795. The zero-order chi connectivity index (χ0) is 12.0. The molecule has 0 heterocycles. The molecule has 5 heteroatoms. The molecule has 0 radical (unpaired) electrons. The van der Waals surface area contributed by atoms with Gasteiger partial charge < -0.3 is 5.32 Å². The van der Waals surface area contributed by atoms with E-state index in [-0.39, 0.29) is 16.8 Å². The Morgan fingerprint density at radius 1 is 1.25 bits per heavy atom. The van der Waals surface area contributed by atoms with Crippen molar-refractivity contribution in [2.75, 3.05) is 5.32 Å². The van der Waals surface area contributed by atoms with Crippen LogP contribution in [-0.2, 0) is 0 Å². The molecule has 0 unspecified atom stereocenters. The molecule has 0 aliphatic heterocycles. The molecule has 1 aromatic rings. The Hall–Kier alpha value is -2.40. The third-order valence-corrected chi connectivity index (χ3v) is 1.81. The molecule has 0 aliphatic rings. The molecule has 0 spiro atoms. The summed E-state index contributed by atoms with van der Waals surface area (Å²) < 4.78 is 25.1. The number of nitrogens with zero attached hydrogens (tertiary/aromatic N) is 2. The first kappa shape index (κ1) is 11.7. The summed E-state index contributed by atoms with van der Waals surface area (Å²) in [5, 5.41) is 19.4. The van der Waals surface area contributed by atoms with Crippen LogP contribution in [0.1, 0.15) is 12.0 Å². The van der Waals surface area contributed by atoms with Crippen molar-refractivity contribution in [3.8, 4) is 12.1 Å². The largest absolute Gasteiger partial charge is 0.359 e. The Balaban J connectivity index is 2.95. The van der Waals surface area contributed by atoms with E-state index < -0.39 is 6.43 Å². The minimum atomic E-state index is -2.61. The van der Waals surface area contributed by atoms with Crippen LogP contribution < -0.4 is 5.32 Å². The van der Waals surface area contributed by atoms with E-state index in [4.69, 9.17) is 10.5 Å².